The van der Waals surface area contributed by atoms with Gasteiger partial charge in [0, 0.05) is 24.6 Å². The Morgan fingerprint density at radius 2 is 1.81 bits per heavy atom. The SMILES string of the molecule is N=C1CCCC(C(=O)N2CC(F)C2)N1C(=O)NCc1cc(F)c(F)cc1F. The maximum atomic E-state index is 13.7. The van der Waals surface area contributed by atoms with Crippen LogP contribution in [-0.2, 0) is 11.3 Å². The zero-order valence-corrected chi connectivity index (χ0v) is 14.3. The quantitative estimate of drug-likeness (QED) is 0.618. The van der Waals surface area contributed by atoms with Crippen LogP contribution in [-0.4, -0.2) is 52.9 Å². The molecule has 0 aromatic heterocycles. The lowest BCUT2D eigenvalue weighted by Crippen LogP contribution is -2.62. The van der Waals surface area contributed by atoms with Crippen LogP contribution < -0.4 is 5.32 Å². The summed E-state index contributed by atoms with van der Waals surface area (Å²) >= 11 is 0. The third-order valence-corrected chi connectivity index (χ3v) is 4.67. The summed E-state index contributed by atoms with van der Waals surface area (Å²) in [6, 6.07) is -0.743. The minimum atomic E-state index is -1.34. The fourth-order valence-electron chi connectivity index (χ4n) is 3.17. The Bertz CT molecular complexity index is 782. The second-order valence-electron chi connectivity index (χ2n) is 6.58. The summed E-state index contributed by atoms with van der Waals surface area (Å²) in [4.78, 5) is 27.2. The molecule has 1 atom stereocenters. The number of urea groups is 1. The van der Waals surface area contributed by atoms with Gasteiger partial charge >= 0.3 is 6.03 Å². The lowest BCUT2D eigenvalue weighted by atomic mass is 9.98. The van der Waals surface area contributed by atoms with Crippen LogP contribution in [0.15, 0.2) is 12.1 Å². The smallest absolute Gasteiger partial charge is 0.323 e. The molecule has 0 spiro atoms. The van der Waals surface area contributed by atoms with E-state index in [9.17, 15) is 27.2 Å². The number of carbonyl (C=O) groups excluding carboxylic acids is 2. The van der Waals surface area contributed by atoms with Gasteiger partial charge in [0.1, 0.15) is 23.9 Å². The van der Waals surface area contributed by atoms with Crippen LogP contribution in [0.25, 0.3) is 0 Å². The largest absolute Gasteiger partial charge is 0.335 e. The first-order valence-corrected chi connectivity index (χ1v) is 8.48. The number of carbonyl (C=O) groups is 2. The van der Waals surface area contributed by atoms with Crippen molar-refractivity contribution in [2.24, 2.45) is 0 Å². The molecule has 3 rings (SSSR count). The number of rotatable bonds is 3. The van der Waals surface area contributed by atoms with Gasteiger partial charge in [-0.2, -0.15) is 0 Å². The van der Waals surface area contributed by atoms with Crippen molar-refractivity contribution in [3.63, 3.8) is 0 Å². The van der Waals surface area contributed by atoms with Crippen LogP contribution in [0.4, 0.5) is 22.4 Å². The maximum Gasteiger partial charge on any atom is 0.323 e. The molecule has 2 aliphatic rings. The molecule has 0 aliphatic carbocycles. The van der Waals surface area contributed by atoms with E-state index in [1.165, 1.54) is 4.90 Å². The Morgan fingerprint density at radius 1 is 1.15 bits per heavy atom. The Kier molecular flexibility index (Phi) is 5.33. The highest BCUT2D eigenvalue weighted by molar-refractivity contribution is 6.01. The molecule has 3 amide bonds. The topological polar surface area (TPSA) is 76.5 Å². The fraction of sp³-hybridized carbons (Fsp3) is 0.471. The van der Waals surface area contributed by atoms with Gasteiger partial charge in [-0.3, -0.25) is 15.1 Å². The average molecular weight is 386 g/mol. The number of nitrogens with zero attached hydrogens (tertiary/aromatic N) is 2. The highest BCUT2D eigenvalue weighted by Gasteiger charge is 2.41. The van der Waals surface area contributed by atoms with Crippen LogP contribution in [0.3, 0.4) is 0 Å². The van der Waals surface area contributed by atoms with E-state index in [1.807, 2.05) is 0 Å². The zero-order chi connectivity index (χ0) is 19.7. The number of halogens is 4. The molecule has 10 heteroatoms. The molecule has 2 fully saturated rings. The summed E-state index contributed by atoms with van der Waals surface area (Å²) in [7, 11) is 0. The molecule has 1 aromatic carbocycles. The highest BCUT2D eigenvalue weighted by Crippen LogP contribution is 2.24. The Hall–Kier alpha value is -2.65. The number of benzene rings is 1. The monoisotopic (exact) mass is 386 g/mol. The van der Waals surface area contributed by atoms with E-state index in [1.54, 1.807) is 0 Å². The standard InChI is InChI=1S/C17H18F4N4O2/c18-10-7-24(8-10)16(26)14-2-1-3-15(22)25(14)17(27)23-6-9-4-12(20)13(21)5-11(9)19/h4-5,10,14,22H,1-3,6-8H2,(H,23,27). The normalized spacial score (nSPS) is 20.4. The van der Waals surface area contributed by atoms with Crippen molar-refractivity contribution in [1.29, 1.82) is 5.41 Å². The van der Waals surface area contributed by atoms with Crippen LogP contribution in [0, 0.1) is 22.9 Å². The number of alkyl halides is 1. The first-order valence-electron chi connectivity index (χ1n) is 8.48. The van der Waals surface area contributed by atoms with Gasteiger partial charge in [0.25, 0.3) is 0 Å². The summed E-state index contributed by atoms with van der Waals surface area (Å²) in [5, 5.41) is 10.3. The van der Waals surface area contributed by atoms with Crippen molar-refractivity contribution in [3.05, 3.63) is 35.1 Å². The number of hydrogen-bond donors (Lipinski definition) is 2. The van der Waals surface area contributed by atoms with Crippen LogP contribution in [0.1, 0.15) is 24.8 Å². The van der Waals surface area contributed by atoms with E-state index in [4.69, 9.17) is 5.41 Å². The number of amidine groups is 1. The number of amides is 3. The van der Waals surface area contributed by atoms with Crippen molar-refractivity contribution < 1.29 is 27.2 Å². The van der Waals surface area contributed by atoms with E-state index in [0.717, 1.165) is 4.90 Å². The molecule has 1 unspecified atom stereocenters. The van der Waals surface area contributed by atoms with E-state index in [-0.39, 0.29) is 30.9 Å². The van der Waals surface area contributed by atoms with E-state index in [0.29, 0.717) is 25.0 Å². The Labute approximate surface area is 152 Å². The van der Waals surface area contributed by atoms with Gasteiger partial charge in [0.05, 0.1) is 13.1 Å². The molecule has 2 saturated heterocycles. The van der Waals surface area contributed by atoms with Gasteiger partial charge in [-0.25, -0.2) is 22.4 Å². The van der Waals surface area contributed by atoms with Gasteiger partial charge < -0.3 is 10.2 Å². The number of likely N-dealkylation sites (tertiary alicyclic amines) is 2. The lowest BCUT2D eigenvalue weighted by molar-refractivity contribution is -0.142. The van der Waals surface area contributed by atoms with Gasteiger partial charge in [0.15, 0.2) is 11.6 Å². The van der Waals surface area contributed by atoms with Gasteiger partial charge in [0.2, 0.25) is 5.91 Å². The van der Waals surface area contributed by atoms with Crippen LogP contribution in [0.2, 0.25) is 0 Å². The van der Waals surface area contributed by atoms with Crippen molar-refractivity contribution in [2.75, 3.05) is 13.1 Å². The summed E-state index contributed by atoms with van der Waals surface area (Å²) in [6.07, 6.45) is 0.0454. The zero-order valence-electron chi connectivity index (χ0n) is 14.3. The first kappa shape index (κ1) is 19.1. The molecule has 6 nitrogen and oxygen atoms in total. The molecular weight excluding hydrogens is 368 g/mol. The molecule has 27 heavy (non-hydrogen) atoms. The molecule has 2 aliphatic heterocycles. The molecule has 2 heterocycles. The summed E-state index contributed by atoms with van der Waals surface area (Å²) in [6.45, 7) is -0.529. The minimum absolute atomic E-state index is 0.0435. The third-order valence-electron chi connectivity index (χ3n) is 4.67. The lowest BCUT2D eigenvalue weighted by Gasteiger charge is -2.41. The summed E-state index contributed by atoms with van der Waals surface area (Å²) < 4.78 is 52.9. The number of hydrogen-bond acceptors (Lipinski definition) is 3. The highest BCUT2D eigenvalue weighted by atomic mass is 19.2. The number of nitrogens with one attached hydrogen (secondary N) is 2. The van der Waals surface area contributed by atoms with Gasteiger partial charge in [-0.1, -0.05) is 0 Å². The second kappa shape index (κ2) is 7.53. The second-order valence-corrected chi connectivity index (χ2v) is 6.58. The van der Waals surface area contributed by atoms with E-state index in [2.05, 4.69) is 5.32 Å². The molecule has 0 radical (unpaired) electrons. The molecule has 0 bridgehead atoms. The maximum absolute atomic E-state index is 13.7. The van der Waals surface area contributed by atoms with Crippen molar-refractivity contribution in [1.82, 2.24) is 15.1 Å². The first-order chi connectivity index (χ1) is 12.8. The molecule has 0 saturated carbocycles. The average Bonchev–Trinajstić information content (AvgIpc) is 2.60. The number of piperidine rings is 1. The predicted octanol–water partition coefficient (Wildman–Crippen LogP) is 2.33. The molecule has 1 aromatic rings. The van der Waals surface area contributed by atoms with Gasteiger partial charge in [-0.05, 0) is 18.9 Å². The predicted molar refractivity (Wildman–Crippen MR) is 87.2 cm³/mol. The fourth-order valence-corrected chi connectivity index (χ4v) is 3.17. The Balaban J connectivity index is 1.70. The minimum Gasteiger partial charge on any atom is -0.335 e. The van der Waals surface area contributed by atoms with Crippen molar-refractivity contribution in [2.45, 2.75) is 38.0 Å². The molecule has 2 N–H and O–H groups in total. The Morgan fingerprint density at radius 3 is 2.48 bits per heavy atom. The summed E-state index contributed by atoms with van der Waals surface area (Å²) in [5.41, 5.74) is -0.267. The van der Waals surface area contributed by atoms with E-state index < -0.39 is 48.1 Å². The van der Waals surface area contributed by atoms with Crippen LogP contribution >= 0.6 is 0 Å². The van der Waals surface area contributed by atoms with Crippen molar-refractivity contribution >= 4 is 17.8 Å². The molecular formula is C17H18F4N4O2. The molecule has 146 valence electrons. The van der Waals surface area contributed by atoms with Gasteiger partial charge in [-0.15, -0.1) is 0 Å². The third kappa shape index (κ3) is 3.88. The van der Waals surface area contributed by atoms with Crippen molar-refractivity contribution in [3.8, 4) is 0 Å². The van der Waals surface area contributed by atoms with E-state index >= 15 is 0 Å². The van der Waals surface area contributed by atoms with Crippen LogP contribution in [0.5, 0.6) is 0 Å². The summed E-state index contributed by atoms with van der Waals surface area (Å²) in [5.74, 6) is -4.14.